The lowest BCUT2D eigenvalue weighted by Crippen LogP contribution is -2.34. The summed E-state index contributed by atoms with van der Waals surface area (Å²) in [6, 6.07) is 20.7. The minimum absolute atomic E-state index is 0.186. The van der Waals surface area contributed by atoms with Crippen molar-refractivity contribution in [2.24, 2.45) is 0 Å². The first-order valence-corrected chi connectivity index (χ1v) is 8.24. The molecule has 0 aromatic heterocycles. The topological polar surface area (TPSA) is 32.3 Å². The number of amides is 1. The summed E-state index contributed by atoms with van der Waals surface area (Å²) in [6.45, 7) is 6.20. The van der Waals surface area contributed by atoms with Crippen molar-refractivity contribution in [3.63, 3.8) is 0 Å². The highest BCUT2D eigenvalue weighted by molar-refractivity contribution is 5.76. The molecule has 0 aliphatic carbocycles. The van der Waals surface area contributed by atoms with Gasteiger partial charge in [0, 0.05) is 32.1 Å². The first kappa shape index (κ1) is 17.2. The zero-order valence-corrected chi connectivity index (χ0v) is 14.0. The minimum Gasteiger partial charge on any atom is -0.334 e. The van der Waals surface area contributed by atoms with Crippen LogP contribution in [0.3, 0.4) is 0 Å². The Balaban J connectivity index is 2.02. The van der Waals surface area contributed by atoms with Crippen LogP contribution < -0.4 is 5.32 Å². The second-order valence-electron chi connectivity index (χ2n) is 6.08. The zero-order chi connectivity index (χ0) is 16.5. The molecule has 0 saturated carbocycles. The molecule has 0 saturated heterocycles. The monoisotopic (exact) mass is 310 g/mol. The van der Waals surface area contributed by atoms with E-state index < -0.39 is 0 Å². The van der Waals surface area contributed by atoms with E-state index in [0.29, 0.717) is 25.6 Å². The van der Waals surface area contributed by atoms with E-state index in [1.807, 2.05) is 41.3 Å². The van der Waals surface area contributed by atoms with Gasteiger partial charge in [0.1, 0.15) is 0 Å². The summed E-state index contributed by atoms with van der Waals surface area (Å²) >= 11 is 0. The van der Waals surface area contributed by atoms with Crippen LogP contribution in [-0.4, -0.2) is 23.4 Å². The van der Waals surface area contributed by atoms with Crippen LogP contribution in [0.25, 0.3) is 0 Å². The van der Waals surface area contributed by atoms with Crippen LogP contribution in [0.15, 0.2) is 60.7 Å². The van der Waals surface area contributed by atoms with E-state index in [0.717, 1.165) is 17.7 Å². The van der Waals surface area contributed by atoms with Gasteiger partial charge in [-0.3, -0.25) is 4.79 Å². The van der Waals surface area contributed by atoms with Gasteiger partial charge in [0.25, 0.3) is 0 Å². The summed E-state index contributed by atoms with van der Waals surface area (Å²) in [6.07, 6.45) is 0.526. The summed E-state index contributed by atoms with van der Waals surface area (Å²) in [7, 11) is 0. The van der Waals surface area contributed by atoms with Crippen molar-refractivity contribution < 1.29 is 4.79 Å². The van der Waals surface area contributed by atoms with Gasteiger partial charge < -0.3 is 10.2 Å². The van der Waals surface area contributed by atoms with Gasteiger partial charge in [0.2, 0.25) is 5.91 Å². The third-order valence-corrected chi connectivity index (χ3v) is 3.68. The summed E-state index contributed by atoms with van der Waals surface area (Å²) in [5.41, 5.74) is 2.32. The number of hydrogen-bond acceptors (Lipinski definition) is 2. The second-order valence-corrected chi connectivity index (χ2v) is 6.08. The average Bonchev–Trinajstić information content (AvgIpc) is 2.56. The Bertz CT molecular complexity index is 540. The van der Waals surface area contributed by atoms with Crippen LogP contribution in [0.5, 0.6) is 0 Å². The number of nitrogens with one attached hydrogen (secondary N) is 1. The Hall–Kier alpha value is -2.13. The van der Waals surface area contributed by atoms with Gasteiger partial charge in [-0.2, -0.15) is 0 Å². The Morgan fingerprint density at radius 3 is 1.83 bits per heavy atom. The summed E-state index contributed by atoms with van der Waals surface area (Å²) < 4.78 is 0. The number of nitrogens with zero attached hydrogens (tertiary/aromatic N) is 1. The van der Waals surface area contributed by atoms with Crippen LogP contribution in [0.1, 0.15) is 31.4 Å². The highest BCUT2D eigenvalue weighted by Gasteiger charge is 2.14. The minimum atomic E-state index is 0.186. The van der Waals surface area contributed by atoms with E-state index in [1.165, 1.54) is 0 Å². The highest BCUT2D eigenvalue weighted by atomic mass is 16.2. The lowest BCUT2D eigenvalue weighted by Gasteiger charge is -2.23. The molecule has 122 valence electrons. The van der Waals surface area contributed by atoms with Crippen molar-refractivity contribution in [3.8, 4) is 0 Å². The van der Waals surface area contributed by atoms with Gasteiger partial charge in [-0.15, -0.1) is 0 Å². The molecule has 3 nitrogen and oxygen atoms in total. The van der Waals surface area contributed by atoms with Crippen molar-refractivity contribution in [3.05, 3.63) is 71.8 Å². The van der Waals surface area contributed by atoms with Crippen molar-refractivity contribution >= 4 is 5.91 Å². The Morgan fingerprint density at radius 1 is 0.913 bits per heavy atom. The molecule has 2 rings (SSSR count). The van der Waals surface area contributed by atoms with Crippen molar-refractivity contribution in [2.45, 2.75) is 39.4 Å². The number of benzene rings is 2. The van der Waals surface area contributed by atoms with Crippen LogP contribution in [0.4, 0.5) is 0 Å². The van der Waals surface area contributed by atoms with Gasteiger partial charge >= 0.3 is 0 Å². The maximum absolute atomic E-state index is 12.6. The van der Waals surface area contributed by atoms with Gasteiger partial charge in [-0.25, -0.2) is 0 Å². The molecule has 0 bridgehead atoms. The molecular weight excluding hydrogens is 284 g/mol. The van der Waals surface area contributed by atoms with E-state index in [4.69, 9.17) is 0 Å². The van der Waals surface area contributed by atoms with Crippen molar-refractivity contribution in [2.75, 3.05) is 6.54 Å². The molecule has 0 spiro atoms. The largest absolute Gasteiger partial charge is 0.334 e. The Labute approximate surface area is 139 Å². The molecule has 0 aliphatic heterocycles. The number of carbonyl (C=O) groups excluding carboxylic acids is 1. The summed E-state index contributed by atoms with van der Waals surface area (Å²) in [5, 5.41) is 3.31. The SMILES string of the molecule is CC(C)NCCC(=O)N(Cc1ccccc1)Cc1ccccc1. The van der Waals surface area contributed by atoms with Crippen LogP contribution in [0, 0.1) is 0 Å². The molecule has 0 aliphatic rings. The molecular formula is C20H26N2O. The molecule has 23 heavy (non-hydrogen) atoms. The van der Waals surface area contributed by atoms with Gasteiger partial charge in [-0.1, -0.05) is 74.5 Å². The second kappa shape index (κ2) is 9.11. The molecule has 3 heteroatoms. The molecule has 0 radical (unpaired) electrons. The average molecular weight is 310 g/mol. The molecule has 0 unspecified atom stereocenters. The molecule has 0 fully saturated rings. The predicted molar refractivity (Wildman–Crippen MR) is 94.9 cm³/mol. The molecule has 1 N–H and O–H groups in total. The van der Waals surface area contributed by atoms with Crippen molar-refractivity contribution in [1.29, 1.82) is 0 Å². The van der Waals surface area contributed by atoms with E-state index in [1.54, 1.807) is 0 Å². The Kier molecular flexibility index (Phi) is 6.82. The van der Waals surface area contributed by atoms with Crippen LogP contribution in [-0.2, 0) is 17.9 Å². The fraction of sp³-hybridized carbons (Fsp3) is 0.350. The van der Waals surface area contributed by atoms with E-state index in [-0.39, 0.29) is 5.91 Å². The van der Waals surface area contributed by atoms with Crippen LogP contribution >= 0.6 is 0 Å². The third kappa shape index (κ3) is 6.25. The quantitative estimate of drug-likeness (QED) is 0.808. The third-order valence-electron chi connectivity index (χ3n) is 3.68. The molecule has 2 aromatic rings. The van der Waals surface area contributed by atoms with Gasteiger partial charge in [-0.05, 0) is 11.1 Å². The smallest absolute Gasteiger partial charge is 0.224 e. The predicted octanol–water partition coefficient (Wildman–Crippen LogP) is 3.60. The standard InChI is InChI=1S/C20H26N2O/c1-17(2)21-14-13-20(23)22(15-18-9-5-3-6-10-18)16-19-11-7-4-8-12-19/h3-12,17,21H,13-16H2,1-2H3. The number of hydrogen-bond donors (Lipinski definition) is 1. The van der Waals surface area contributed by atoms with Gasteiger partial charge in [0.15, 0.2) is 0 Å². The normalized spacial score (nSPS) is 10.7. The fourth-order valence-corrected chi connectivity index (χ4v) is 2.47. The highest BCUT2D eigenvalue weighted by Crippen LogP contribution is 2.11. The van der Waals surface area contributed by atoms with Crippen LogP contribution in [0.2, 0.25) is 0 Å². The number of carbonyl (C=O) groups is 1. The van der Waals surface area contributed by atoms with Gasteiger partial charge in [0.05, 0.1) is 0 Å². The molecule has 0 atom stereocenters. The zero-order valence-electron chi connectivity index (χ0n) is 14.0. The molecule has 0 heterocycles. The maximum atomic E-state index is 12.6. The first-order chi connectivity index (χ1) is 11.1. The lowest BCUT2D eigenvalue weighted by molar-refractivity contribution is -0.132. The molecule has 1 amide bonds. The van der Waals surface area contributed by atoms with E-state index >= 15 is 0 Å². The Morgan fingerprint density at radius 2 is 1.39 bits per heavy atom. The van der Waals surface area contributed by atoms with E-state index in [9.17, 15) is 4.79 Å². The summed E-state index contributed by atoms with van der Waals surface area (Å²) in [5.74, 6) is 0.186. The maximum Gasteiger partial charge on any atom is 0.224 e. The lowest BCUT2D eigenvalue weighted by atomic mass is 10.1. The fourth-order valence-electron chi connectivity index (χ4n) is 2.47. The van der Waals surface area contributed by atoms with E-state index in [2.05, 4.69) is 43.4 Å². The number of rotatable bonds is 8. The van der Waals surface area contributed by atoms with Crippen molar-refractivity contribution in [1.82, 2.24) is 10.2 Å². The summed E-state index contributed by atoms with van der Waals surface area (Å²) in [4.78, 5) is 14.6. The first-order valence-electron chi connectivity index (χ1n) is 8.24. The molecule has 2 aromatic carbocycles.